The van der Waals surface area contributed by atoms with E-state index in [0.717, 1.165) is 19.4 Å². The summed E-state index contributed by atoms with van der Waals surface area (Å²) in [5, 5.41) is 10.5. The molecular formula is C17H22FN5O. The molecule has 2 heterocycles. The molecule has 1 atom stereocenters. The first-order valence-electron chi connectivity index (χ1n) is 8.29. The Morgan fingerprint density at radius 2 is 2.33 bits per heavy atom. The third kappa shape index (κ3) is 3.62. The van der Waals surface area contributed by atoms with Crippen molar-refractivity contribution < 1.29 is 9.18 Å². The van der Waals surface area contributed by atoms with Gasteiger partial charge in [-0.25, -0.2) is 14.1 Å². The molecule has 0 bridgehead atoms. The summed E-state index contributed by atoms with van der Waals surface area (Å²) in [6.45, 7) is 5.47. The fraction of sp³-hybridized carbons (Fsp3) is 0.471. The Hall–Kier alpha value is -2.28. The van der Waals surface area contributed by atoms with Crippen molar-refractivity contribution in [1.29, 1.82) is 0 Å². The van der Waals surface area contributed by atoms with E-state index < -0.39 is 0 Å². The van der Waals surface area contributed by atoms with Gasteiger partial charge in [0.1, 0.15) is 11.6 Å². The minimum atomic E-state index is -0.351. The monoisotopic (exact) mass is 331 g/mol. The van der Waals surface area contributed by atoms with Gasteiger partial charge in [-0.3, -0.25) is 4.79 Å². The highest BCUT2D eigenvalue weighted by Gasteiger charge is 2.21. The molecule has 1 aromatic carbocycles. The Labute approximate surface area is 140 Å². The van der Waals surface area contributed by atoms with Crippen molar-refractivity contribution in [1.82, 2.24) is 25.4 Å². The van der Waals surface area contributed by atoms with E-state index in [1.165, 1.54) is 16.8 Å². The van der Waals surface area contributed by atoms with Gasteiger partial charge in [-0.05, 0) is 37.6 Å². The van der Waals surface area contributed by atoms with Gasteiger partial charge in [0.15, 0.2) is 0 Å². The Kier molecular flexibility index (Phi) is 4.89. The standard InChI is InChI=1S/C17H22FN5O/c1-11(2)16-21-15(17(24)20-10-13-6-4-8-19-13)22-23(16)14-7-3-5-12(18)9-14/h3,5,7,9,11,13,19H,4,6,8,10H2,1-2H3,(H,20,24). The Morgan fingerprint density at radius 1 is 1.50 bits per heavy atom. The predicted molar refractivity (Wildman–Crippen MR) is 88.8 cm³/mol. The highest BCUT2D eigenvalue weighted by Crippen LogP contribution is 2.18. The average Bonchev–Trinajstić information content (AvgIpc) is 3.22. The van der Waals surface area contributed by atoms with Gasteiger partial charge in [0.05, 0.1) is 5.69 Å². The number of halogens is 1. The molecule has 128 valence electrons. The first-order chi connectivity index (χ1) is 11.5. The molecule has 1 aromatic heterocycles. The molecule has 24 heavy (non-hydrogen) atoms. The molecule has 7 heteroatoms. The Balaban J connectivity index is 1.81. The van der Waals surface area contributed by atoms with Gasteiger partial charge in [-0.2, -0.15) is 0 Å². The second-order valence-electron chi connectivity index (χ2n) is 6.34. The number of nitrogens with one attached hydrogen (secondary N) is 2. The van der Waals surface area contributed by atoms with Gasteiger partial charge < -0.3 is 10.6 Å². The fourth-order valence-electron chi connectivity index (χ4n) is 2.82. The van der Waals surface area contributed by atoms with Gasteiger partial charge >= 0.3 is 0 Å². The second kappa shape index (κ2) is 7.09. The van der Waals surface area contributed by atoms with Crippen LogP contribution < -0.4 is 10.6 Å². The lowest BCUT2D eigenvalue weighted by molar-refractivity contribution is 0.0940. The van der Waals surface area contributed by atoms with E-state index >= 15 is 0 Å². The molecule has 2 N–H and O–H groups in total. The van der Waals surface area contributed by atoms with Gasteiger partial charge in [0, 0.05) is 18.5 Å². The Bertz CT molecular complexity index is 722. The van der Waals surface area contributed by atoms with E-state index in [0.29, 0.717) is 24.1 Å². The van der Waals surface area contributed by atoms with Crippen LogP contribution in [0.15, 0.2) is 24.3 Å². The van der Waals surface area contributed by atoms with Crippen molar-refractivity contribution in [3.8, 4) is 5.69 Å². The molecule has 0 radical (unpaired) electrons. The van der Waals surface area contributed by atoms with Crippen LogP contribution in [0.4, 0.5) is 4.39 Å². The van der Waals surface area contributed by atoms with Crippen LogP contribution in [-0.4, -0.2) is 39.8 Å². The molecule has 3 rings (SSSR count). The van der Waals surface area contributed by atoms with Gasteiger partial charge in [-0.1, -0.05) is 19.9 Å². The molecule has 1 amide bonds. The minimum Gasteiger partial charge on any atom is -0.348 e. The van der Waals surface area contributed by atoms with Crippen LogP contribution in [0.3, 0.4) is 0 Å². The van der Waals surface area contributed by atoms with Crippen LogP contribution in [0.2, 0.25) is 0 Å². The number of aromatic nitrogens is 3. The van der Waals surface area contributed by atoms with Crippen LogP contribution in [0.25, 0.3) is 5.69 Å². The maximum Gasteiger partial charge on any atom is 0.291 e. The molecule has 1 saturated heterocycles. The molecule has 1 aliphatic heterocycles. The quantitative estimate of drug-likeness (QED) is 0.879. The molecule has 1 unspecified atom stereocenters. The number of nitrogens with zero attached hydrogens (tertiary/aromatic N) is 3. The molecule has 1 fully saturated rings. The zero-order chi connectivity index (χ0) is 17.1. The number of carbonyl (C=O) groups is 1. The third-order valence-corrected chi connectivity index (χ3v) is 4.08. The Morgan fingerprint density at radius 3 is 3.00 bits per heavy atom. The lowest BCUT2D eigenvalue weighted by atomic mass is 10.2. The van der Waals surface area contributed by atoms with Crippen molar-refractivity contribution in [3.05, 3.63) is 41.7 Å². The molecule has 6 nitrogen and oxygen atoms in total. The number of carbonyl (C=O) groups excluding carboxylic acids is 1. The lowest BCUT2D eigenvalue weighted by Crippen LogP contribution is -2.37. The zero-order valence-electron chi connectivity index (χ0n) is 13.9. The summed E-state index contributed by atoms with van der Waals surface area (Å²) >= 11 is 0. The van der Waals surface area contributed by atoms with Crippen molar-refractivity contribution in [2.75, 3.05) is 13.1 Å². The van der Waals surface area contributed by atoms with Crippen molar-refractivity contribution >= 4 is 5.91 Å². The van der Waals surface area contributed by atoms with Crippen LogP contribution >= 0.6 is 0 Å². The highest BCUT2D eigenvalue weighted by atomic mass is 19.1. The van der Waals surface area contributed by atoms with Crippen molar-refractivity contribution in [3.63, 3.8) is 0 Å². The highest BCUT2D eigenvalue weighted by molar-refractivity contribution is 5.90. The number of hydrogen-bond acceptors (Lipinski definition) is 4. The molecule has 1 aliphatic rings. The summed E-state index contributed by atoms with van der Waals surface area (Å²) in [4.78, 5) is 16.7. The fourth-order valence-corrected chi connectivity index (χ4v) is 2.82. The van der Waals surface area contributed by atoms with Crippen LogP contribution in [0.5, 0.6) is 0 Å². The van der Waals surface area contributed by atoms with Gasteiger partial charge in [-0.15, -0.1) is 5.10 Å². The van der Waals surface area contributed by atoms with Crippen molar-refractivity contribution in [2.24, 2.45) is 0 Å². The van der Waals surface area contributed by atoms with Gasteiger partial charge in [0.2, 0.25) is 5.82 Å². The summed E-state index contributed by atoms with van der Waals surface area (Å²) < 4.78 is 15.0. The molecule has 0 spiro atoms. The second-order valence-corrected chi connectivity index (χ2v) is 6.34. The normalized spacial score (nSPS) is 17.4. The average molecular weight is 331 g/mol. The van der Waals surface area contributed by atoms with E-state index in [4.69, 9.17) is 0 Å². The smallest absolute Gasteiger partial charge is 0.291 e. The number of amides is 1. The van der Waals surface area contributed by atoms with Crippen LogP contribution in [-0.2, 0) is 0 Å². The lowest BCUT2D eigenvalue weighted by Gasteiger charge is -2.09. The van der Waals surface area contributed by atoms with E-state index in [2.05, 4.69) is 20.7 Å². The first kappa shape index (κ1) is 16.6. The third-order valence-electron chi connectivity index (χ3n) is 4.08. The SMILES string of the molecule is CC(C)c1nc(C(=O)NCC2CCCN2)nn1-c1cccc(F)c1. The molecular weight excluding hydrogens is 309 g/mol. The van der Waals surface area contributed by atoms with Gasteiger partial charge in [0.25, 0.3) is 5.91 Å². The number of hydrogen-bond donors (Lipinski definition) is 2. The predicted octanol–water partition coefficient (Wildman–Crippen LogP) is 2.01. The summed E-state index contributed by atoms with van der Waals surface area (Å²) in [5.74, 6) is 0.140. The maximum absolute atomic E-state index is 13.5. The molecule has 0 saturated carbocycles. The van der Waals surface area contributed by atoms with E-state index in [9.17, 15) is 9.18 Å². The van der Waals surface area contributed by atoms with E-state index in [1.54, 1.807) is 12.1 Å². The summed E-state index contributed by atoms with van der Waals surface area (Å²) in [6, 6.07) is 6.42. The molecule has 0 aliphatic carbocycles. The summed E-state index contributed by atoms with van der Waals surface area (Å²) in [5.41, 5.74) is 0.558. The number of rotatable bonds is 5. The summed E-state index contributed by atoms with van der Waals surface area (Å²) in [6.07, 6.45) is 2.19. The number of benzene rings is 1. The topological polar surface area (TPSA) is 71.8 Å². The minimum absolute atomic E-state index is 0.0545. The van der Waals surface area contributed by atoms with Crippen LogP contribution in [0, 0.1) is 5.82 Å². The van der Waals surface area contributed by atoms with Crippen molar-refractivity contribution in [2.45, 2.75) is 38.6 Å². The summed E-state index contributed by atoms with van der Waals surface area (Å²) in [7, 11) is 0. The van der Waals surface area contributed by atoms with E-state index in [-0.39, 0.29) is 23.5 Å². The largest absolute Gasteiger partial charge is 0.348 e. The van der Waals surface area contributed by atoms with Crippen LogP contribution in [0.1, 0.15) is 49.1 Å². The molecule has 2 aromatic rings. The first-order valence-corrected chi connectivity index (χ1v) is 8.29. The maximum atomic E-state index is 13.5. The van der Waals surface area contributed by atoms with E-state index in [1.807, 2.05) is 13.8 Å². The zero-order valence-corrected chi connectivity index (χ0v) is 13.9.